The largest absolute Gasteiger partial charge is 0.493 e. The lowest BCUT2D eigenvalue weighted by Gasteiger charge is -2.33. The molecule has 0 atom stereocenters. The molecular weight excluding hydrogens is 250 g/mol. The Hall–Kier alpha value is -1.67. The van der Waals surface area contributed by atoms with Gasteiger partial charge in [0.2, 0.25) is 0 Å². The van der Waals surface area contributed by atoms with Gasteiger partial charge in [0, 0.05) is 4.91 Å². The minimum absolute atomic E-state index is 0.141. The second-order valence-electron chi connectivity index (χ2n) is 6.95. The van der Waals surface area contributed by atoms with Gasteiger partial charge in [-0.05, 0) is 40.5 Å². The maximum atomic E-state index is 8.18. The van der Waals surface area contributed by atoms with E-state index in [0.717, 1.165) is 12.2 Å². The molecule has 0 unspecified atom stereocenters. The normalized spacial score (nSPS) is 11.8. The highest BCUT2D eigenvalue weighted by molar-refractivity contribution is 5.31. The molecule has 1 aromatic carbocycles. The van der Waals surface area contributed by atoms with Gasteiger partial charge in [-0.25, -0.2) is 0 Å². The molecule has 0 aliphatic carbocycles. The van der Waals surface area contributed by atoms with E-state index >= 15 is 0 Å². The van der Waals surface area contributed by atoms with E-state index in [1.807, 2.05) is 12.1 Å². The molecule has 20 heavy (non-hydrogen) atoms. The van der Waals surface area contributed by atoms with Crippen LogP contribution in [0, 0.1) is 5.41 Å². The summed E-state index contributed by atoms with van der Waals surface area (Å²) in [6.45, 7) is 12.1. The van der Waals surface area contributed by atoms with Gasteiger partial charge in [0.1, 0.15) is 5.75 Å². The lowest BCUT2D eigenvalue weighted by molar-refractivity contribution is 0.283. The predicted octanol–water partition coefficient (Wildman–Crippen LogP) is 5.09. The van der Waals surface area contributed by atoms with E-state index in [0.29, 0.717) is 18.6 Å². The van der Waals surface area contributed by atoms with E-state index < -0.39 is 0 Å². The first kappa shape index (κ1) is 16.4. The van der Waals surface area contributed by atoms with Gasteiger partial charge in [-0.2, -0.15) is 0 Å². The van der Waals surface area contributed by atoms with Crippen molar-refractivity contribution in [2.75, 3.05) is 13.2 Å². The Morgan fingerprint density at radius 1 is 1.10 bits per heavy atom. The standard InChI is InChI=1S/C16H25N3O/c1-15(2,3)12-16(4,5)13-6-8-14(9-7-13)20-11-10-18-19-17/h6-9H,10-12H2,1-5H3. The number of hydrogen-bond donors (Lipinski definition) is 0. The summed E-state index contributed by atoms with van der Waals surface area (Å²) >= 11 is 0. The third-order valence-electron chi connectivity index (χ3n) is 3.13. The highest BCUT2D eigenvalue weighted by Crippen LogP contribution is 2.36. The van der Waals surface area contributed by atoms with Gasteiger partial charge >= 0.3 is 0 Å². The van der Waals surface area contributed by atoms with Crippen molar-refractivity contribution in [3.8, 4) is 5.75 Å². The van der Waals surface area contributed by atoms with Gasteiger partial charge in [0.05, 0.1) is 13.2 Å². The van der Waals surface area contributed by atoms with Gasteiger partial charge in [-0.3, -0.25) is 0 Å². The Balaban J connectivity index is 2.67. The summed E-state index contributed by atoms with van der Waals surface area (Å²) in [5.74, 6) is 0.813. The second-order valence-corrected chi connectivity index (χ2v) is 6.95. The summed E-state index contributed by atoms with van der Waals surface area (Å²) < 4.78 is 5.51. The first-order chi connectivity index (χ1) is 9.24. The lowest BCUT2D eigenvalue weighted by atomic mass is 9.72. The Morgan fingerprint density at radius 2 is 1.70 bits per heavy atom. The quantitative estimate of drug-likeness (QED) is 0.309. The van der Waals surface area contributed by atoms with Crippen LogP contribution in [0.2, 0.25) is 0 Å². The van der Waals surface area contributed by atoms with Crippen molar-refractivity contribution in [3.05, 3.63) is 40.3 Å². The Bertz CT molecular complexity index is 465. The van der Waals surface area contributed by atoms with E-state index in [1.165, 1.54) is 5.56 Å². The van der Waals surface area contributed by atoms with E-state index in [-0.39, 0.29) is 5.41 Å². The van der Waals surface area contributed by atoms with Crippen LogP contribution in [0.5, 0.6) is 5.75 Å². The van der Waals surface area contributed by atoms with Crippen molar-refractivity contribution in [2.45, 2.75) is 46.5 Å². The fourth-order valence-corrected chi connectivity index (χ4v) is 2.68. The average Bonchev–Trinajstić information content (AvgIpc) is 2.32. The summed E-state index contributed by atoms with van der Waals surface area (Å²) in [5.41, 5.74) is 9.94. The Kier molecular flexibility index (Phi) is 5.46. The molecule has 0 amide bonds. The van der Waals surface area contributed by atoms with Crippen LogP contribution in [0.15, 0.2) is 29.4 Å². The monoisotopic (exact) mass is 275 g/mol. The smallest absolute Gasteiger partial charge is 0.119 e. The van der Waals surface area contributed by atoms with Crippen LogP contribution in [0.1, 0.15) is 46.6 Å². The molecule has 4 nitrogen and oxygen atoms in total. The summed E-state index contributed by atoms with van der Waals surface area (Å²) in [4.78, 5) is 2.69. The first-order valence-corrected chi connectivity index (χ1v) is 6.99. The van der Waals surface area contributed by atoms with Crippen LogP contribution in [-0.2, 0) is 5.41 Å². The molecule has 0 N–H and O–H groups in total. The molecule has 4 heteroatoms. The summed E-state index contributed by atoms with van der Waals surface area (Å²) in [6, 6.07) is 8.20. The molecule has 0 bridgehead atoms. The zero-order valence-electron chi connectivity index (χ0n) is 13.2. The van der Waals surface area contributed by atoms with Crippen LogP contribution in [0.25, 0.3) is 10.4 Å². The molecular formula is C16H25N3O. The summed E-state index contributed by atoms with van der Waals surface area (Å²) in [6.07, 6.45) is 1.12. The third kappa shape index (κ3) is 5.54. The van der Waals surface area contributed by atoms with Crippen molar-refractivity contribution in [1.29, 1.82) is 0 Å². The van der Waals surface area contributed by atoms with Gasteiger partial charge in [-0.1, -0.05) is 51.9 Å². The lowest BCUT2D eigenvalue weighted by Crippen LogP contribution is -2.24. The van der Waals surface area contributed by atoms with Gasteiger partial charge in [-0.15, -0.1) is 0 Å². The fourth-order valence-electron chi connectivity index (χ4n) is 2.68. The van der Waals surface area contributed by atoms with E-state index in [9.17, 15) is 0 Å². The number of nitrogens with zero attached hydrogens (tertiary/aromatic N) is 3. The Morgan fingerprint density at radius 3 is 2.20 bits per heavy atom. The van der Waals surface area contributed by atoms with Crippen molar-refractivity contribution >= 4 is 0 Å². The number of benzene rings is 1. The molecule has 0 saturated heterocycles. The zero-order chi connectivity index (χ0) is 15.2. The highest BCUT2D eigenvalue weighted by atomic mass is 16.5. The Labute approximate surface area is 121 Å². The molecule has 1 aromatic rings. The van der Waals surface area contributed by atoms with Crippen LogP contribution in [-0.4, -0.2) is 13.2 Å². The molecule has 0 radical (unpaired) electrons. The van der Waals surface area contributed by atoms with Crippen LogP contribution < -0.4 is 4.74 Å². The van der Waals surface area contributed by atoms with Crippen LogP contribution >= 0.6 is 0 Å². The van der Waals surface area contributed by atoms with E-state index in [4.69, 9.17) is 10.3 Å². The average molecular weight is 275 g/mol. The molecule has 110 valence electrons. The SMILES string of the molecule is CC(C)(C)CC(C)(C)c1ccc(OCCN=[N+]=[N-])cc1. The van der Waals surface area contributed by atoms with Crippen LogP contribution in [0.4, 0.5) is 0 Å². The topological polar surface area (TPSA) is 58.0 Å². The molecule has 1 rings (SSSR count). The van der Waals surface area contributed by atoms with Crippen molar-refractivity contribution in [1.82, 2.24) is 0 Å². The molecule has 0 aliphatic heterocycles. The molecule has 0 saturated carbocycles. The number of hydrogen-bond acceptors (Lipinski definition) is 2. The number of ether oxygens (including phenoxy) is 1. The van der Waals surface area contributed by atoms with Gasteiger partial charge in [0.15, 0.2) is 0 Å². The fraction of sp³-hybridized carbons (Fsp3) is 0.625. The number of azide groups is 1. The minimum atomic E-state index is 0.141. The molecule has 0 aromatic heterocycles. The van der Waals surface area contributed by atoms with E-state index in [1.54, 1.807) is 0 Å². The van der Waals surface area contributed by atoms with Gasteiger partial charge in [0.25, 0.3) is 0 Å². The van der Waals surface area contributed by atoms with E-state index in [2.05, 4.69) is 56.8 Å². The molecule has 0 heterocycles. The second kappa shape index (κ2) is 6.67. The maximum absolute atomic E-state index is 8.18. The highest BCUT2D eigenvalue weighted by Gasteiger charge is 2.27. The van der Waals surface area contributed by atoms with Crippen LogP contribution in [0.3, 0.4) is 0 Å². The summed E-state index contributed by atoms with van der Waals surface area (Å²) in [5, 5.41) is 3.44. The summed E-state index contributed by atoms with van der Waals surface area (Å²) in [7, 11) is 0. The molecule has 0 fully saturated rings. The zero-order valence-corrected chi connectivity index (χ0v) is 13.2. The first-order valence-electron chi connectivity index (χ1n) is 6.99. The van der Waals surface area contributed by atoms with Crippen molar-refractivity contribution < 1.29 is 4.74 Å². The van der Waals surface area contributed by atoms with Crippen molar-refractivity contribution in [3.63, 3.8) is 0 Å². The molecule has 0 spiro atoms. The number of rotatable bonds is 6. The maximum Gasteiger partial charge on any atom is 0.119 e. The van der Waals surface area contributed by atoms with Crippen molar-refractivity contribution in [2.24, 2.45) is 10.5 Å². The predicted molar refractivity (Wildman–Crippen MR) is 83.0 cm³/mol. The molecule has 0 aliphatic rings. The van der Waals surface area contributed by atoms with Gasteiger partial charge < -0.3 is 4.74 Å². The third-order valence-corrected chi connectivity index (χ3v) is 3.13. The minimum Gasteiger partial charge on any atom is -0.493 e.